The standard InChI is InChI=1S/C12H22/c1-5-12(4)10-8-6-7-9-11(2)3/h5,11H,1,4,6-10H2,2-3H3. The number of allylic oxidation sites excluding steroid dienone is 2. The van der Waals surface area contributed by atoms with E-state index in [1.807, 2.05) is 6.08 Å². The van der Waals surface area contributed by atoms with E-state index in [1.165, 1.54) is 31.3 Å². The topological polar surface area (TPSA) is 0 Å². The predicted octanol–water partition coefficient (Wildman–Crippen LogP) is 4.34. The lowest BCUT2D eigenvalue weighted by Crippen LogP contribution is -1.87. The van der Waals surface area contributed by atoms with Gasteiger partial charge in [-0.1, -0.05) is 57.9 Å². The third-order valence-corrected chi connectivity index (χ3v) is 2.07. The van der Waals surface area contributed by atoms with Crippen molar-refractivity contribution >= 4 is 0 Å². The summed E-state index contributed by atoms with van der Waals surface area (Å²) in [6, 6.07) is 0. The Morgan fingerprint density at radius 1 is 1.25 bits per heavy atom. The van der Waals surface area contributed by atoms with E-state index in [0.29, 0.717) is 0 Å². The molecule has 0 spiro atoms. The molecule has 0 aliphatic rings. The monoisotopic (exact) mass is 166 g/mol. The van der Waals surface area contributed by atoms with Crippen molar-refractivity contribution in [2.45, 2.75) is 46.0 Å². The number of hydrogen-bond acceptors (Lipinski definition) is 0. The van der Waals surface area contributed by atoms with E-state index in [4.69, 9.17) is 0 Å². The maximum atomic E-state index is 3.89. The first-order chi connectivity index (χ1) is 5.66. The van der Waals surface area contributed by atoms with Crippen molar-refractivity contribution in [1.82, 2.24) is 0 Å². The Labute approximate surface area is 77.4 Å². The summed E-state index contributed by atoms with van der Waals surface area (Å²) in [5, 5.41) is 0. The average molecular weight is 166 g/mol. The summed E-state index contributed by atoms with van der Waals surface area (Å²) in [5.74, 6) is 0.854. The van der Waals surface area contributed by atoms with Crippen molar-refractivity contribution in [3.63, 3.8) is 0 Å². The molecule has 0 aliphatic carbocycles. The Morgan fingerprint density at radius 3 is 2.42 bits per heavy atom. The largest absolute Gasteiger partial charge is 0.0988 e. The van der Waals surface area contributed by atoms with Gasteiger partial charge in [-0.05, 0) is 18.8 Å². The second-order valence-corrected chi connectivity index (χ2v) is 3.86. The van der Waals surface area contributed by atoms with Gasteiger partial charge in [0.15, 0.2) is 0 Å². The van der Waals surface area contributed by atoms with Crippen LogP contribution in [0.3, 0.4) is 0 Å². The van der Waals surface area contributed by atoms with Crippen LogP contribution in [0.4, 0.5) is 0 Å². The molecule has 0 unspecified atom stereocenters. The van der Waals surface area contributed by atoms with Crippen molar-refractivity contribution in [2.75, 3.05) is 0 Å². The highest BCUT2D eigenvalue weighted by Gasteiger charge is 1.94. The van der Waals surface area contributed by atoms with Gasteiger partial charge in [0.2, 0.25) is 0 Å². The van der Waals surface area contributed by atoms with Gasteiger partial charge in [-0.25, -0.2) is 0 Å². The van der Waals surface area contributed by atoms with Crippen LogP contribution >= 0.6 is 0 Å². The SMILES string of the molecule is C=CC(=C)CCCCCC(C)C. The molecule has 0 saturated heterocycles. The Morgan fingerprint density at radius 2 is 1.92 bits per heavy atom. The average Bonchev–Trinajstić information content (AvgIpc) is 2.03. The van der Waals surface area contributed by atoms with E-state index in [-0.39, 0.29) is 0 Å². The molecule has 0 heteroatoms. The molecule has 0 nitrogen and oxygen atoms in total. The van der Waals surface area contributed by atoms with E-state index in [2.05, 4.69) is 27.0 Å². The summed E-state index contributed by atoms with van der Waals surface area (Å²) in [5.41, 5.74) is 1.18. The smallest absolute Gasteiger partial charge is 0.0285 e. The van der Waals surface area contributed by atoms with Gasteiger partial charge in [0, 0.05) is 0 Å². The summed E-state index contributed by atoms with van der Waals surface area (Å²) in [4.78, 5) is 0. The first-order valence-corrected chi connectivity index (χ1v) is 4.97. The number of hydrogen-bond donors (Lipinski definition) is 0. The lowest BCUT2D eigenvalue weighted by Gasteiger charge is -2.03. The van der Waals surface area contributed by atoms with E-state index in [9.17, 15) is 0 Å². The molecular formula is C12H22. The minimum Gasteiger partial charge on any atom is -0.0988 e. The van der Waals surface area contributed by atoms with Crippen LogP contribution in [-0.2, 0) is 0 Å². The second-order valence-electron chi connectivity index (χ2n) is 3.86. The Bertz CT molecular complexity index is 131. The van der Waals surface area contributed by atoms with Gasteiger partial charge in [0.05, 0.1) is 0 Å². The summed E-state index contributed by atoms with van der Waals surface area (Å²) >= 11 is 0. The molecule has 0 aromatic rings. The maximum Gasteiger partial charge on any atom is -0.0285 e. The highest BCUT2D eigenvalue weighted by atomic mass is 14.0. The van der Waals surface area contributed by atoms with Crippen LogP contribution in [0.15, 0.2) is 24.8 Å². The van der Waals surface area contributed by atoms with E-state index in [1.54, 1.807) is 0 Å². The van der Waals surface area contributed by atoms with Gasteiger partial charge in [0.1, 0.15) is 0 Å². The van der Waals surface area contributed by atoms with Crippen molar-refractivity contribution < 1.29 is 0 Å². The number of rotatable bonds is 7. The first-order valence-electron chi connectivity index (χ1n) is 4.97. The van der Waals surface area contributed by atoms with Gasteiger partial charge in [0.25, 0.3) is 0 Å². The highest BCUT2D eigenvalue weighted by molar-refractivity contribution is 5.10. The molecular weight excluding hydrogens is 144 g/mol. The molecule has 0 amide bonds. The van der Waals surface area contributed by atoms with Gasteiger partial charge < -0.3 is 0 Å². The van der Waals surface area contributed by atoms with E-state index in [0.717, 1.165) is 12.3 Å². The molecule has 0 aromatic carbocycles. The van der Waals surface area contributed by atoms with Gasteiger partial charge in [-0.3, -0.25) is 0 Å². The fourth-order valence-corrected chi connectivity index (χ4v) is 1.18. The van der Waals surface area contributed by atoms with Crippen LogP contribution in [0.1, 0.15) is 46.0 Å². The van der Waals surface area contributed by atoms with Crippen LogP contribution in [0.5, 0.6) is 0 Å². The van der Waals surface area contributed by atoms with Crippen molar-refractivity contribution in [3.05, 3.63) is 24.8 Å². The molecule has 0 saturated carbocycles. The molecule has 70 valence electrons. The normalized spacial score (nSPS) is 10.2. The van der Waals surface area contributed by atoms with Crippen molar-refractivity contribution in [1.29, 1.82) is 0 Å². The third kappa shape index (κ3) is 7.59. The Hall–Kier alpha value is -0.520. The molecule has 0 aromatic heterocycles. The number of unbranched alkanes of at least 4 members (excludes halogenated alkanes) is 2. The highest BCUT2D eigenvalue weighted by Crippen LogP contribution is 2.12. The summed E-state index contributed by atoms with van der Waals surface area (Å²) < 4.78 is 0. The lowest BCUT2D eigenvalue weighted by molar-refractivity contribution is 0.527. The van der Waals surface area contributed by atoms with E-state index < -0.39 is 0 Å². The van der Waals surface area contributed by atoms with Crippen molar-refractivity contribution in [3.8, 4) is 0 Å². The maximum absolute atomic E-state index is 3.89. The van der Waals surface area contributed by atoms with Crippen LogP contribution in [0.25, 0.3) is 0 Å². The zero-order valence-corrected chi connectivity index (χ0v) is 8.60. The van der Waals surface area contributed by atoms with Gasteiger partial charge in [-0.15, -0.1) is 0 Å². The van der Waals surface area contributed by atoms with Crippen LogP contribution in [0.2, 0.25) is 0 Å². The summed E-state index contributed by atoms with van der Waals surface area (Å²) in [7, 11) is 0. The Kier molecular flexibility index (Phi) is 6.84. The lowest BCUT2D eigenvalue weighted by atomic mass is 10.0. The molecule has 0 fully saturated rings. The zero-order chi connectivity index (χ0) is 9.40. The third-order valence-electron chi connectivity index (χ3n) is 2.07. The first kappa shape index (κ1) is 11.5. The molecule has 0 atom stereocenters. The van der Waals surface area contributed by atoms with Crippen LogP contribution in [-0.4, -0.2) is 0 Å². The van der Waals surface area contributed by atoms with E-state index >= 15 is 0 Å². The molecule has 0 N–H and O–H groups in total. The zero-order valence-electron chi connectivity index (χ0n) is 8.60. The van der Waals surface area contributed by atoms with Crippen LogP contribution in [0, 0.1) is 5.92 Å². The minimum absolute atomic E-state index is 0.854. The van der Waals surface area contributed by atoms with Gasteiger partial charge in [-0.2, -0.15) is 0 Å². The molecule has 0 rings (SSSR count). The molecule has 0 aliphatic heterocycles. The molecule has 0 radical (unpaired) electrons. The van der Waals surface area contributed by atoms with Crippen molar-refractivity contribution in [2.24, 2.45) is 5.92 Å². The van der Waals surface area contributed by atoms with Crippen LogP contribution < -0.4 is 0 Å². The second kappa shape index (κ2) is 7.15. The molecule has 0 heterocycles. The molecule has 12 heavy (non-hydrogen) atoms. The predicted molar refractivity (Wildman–Crippen MR) is 57.3 cm³/mol. The fourth-order valence-electron chi connectivity index (χ4n) is 1.18. The van der Waals surface area contributed by atoms with Gasteiger partial charge >= 0.3 is 0 Å². The minimum atomic E-state index is 0.854. The Balaban J connectivity index is 3.11. The quantitative estimate of drug-likeness (QED) is 0.390. The fraction of sp³-hybridized carbons (Fsp3) is 0.667. The summed E-state index contributed by atoms with van der Waals surface area (Å²) in [6.07, 6.45) is 8.33. The summed E-state index contributed by atoms with van der Waals surface area (Å²) in [6.45, 7) is 12.1. The molecule has 0 bridgehead atoms.